The van der Waals surface area contributed by atoms with E-state index in [-0.39, 0.29) is 6.04 Å². The van der Waals surface area contributed by atoms with E-state index in [4.69, 9.17) is 9.73 Å². The minimum absolute atomic E-state index is 0.120. The second kappa shape index (κ2) is 11.5. The van der Waals surface area contributed by atoms with Gasteiger partial charge in [0.1, 0.15) is 5.75 Å². The number of carboxylic acid groups (broad SMARTS) is 1. The SMILES string of the molecule is C[C@H]1CC[C@H](Oc2ccc(C3CSC(N(Cc4ccc(C(=O)O)cc4)Cc4cccs4)=N3)cc2)CC1. The van der Waals surface area contributed by atoms with Crippen LogP contribution < -0.4 is 4.74 Å². The Labute approximate surface area is 221 Å². The molecule has 0 bridgehead atoms. The molecule has 1 aliphatic heterocycles. The number of carboxylic acids is 1. The molecule has 1 N–H and O–H groups in total. The molecule has 5 rings (SSSR count). The Kier molecular flexibility index (Phi) is 7.97. The fourth-order valence-corrected chi connectivity index (χ4v) is 6.58. The zero-order valence-electron chi connectivity index (χ0n) is 20.5. The molecule has 7 heteroatoms. The maximum atomic E-state index is 11.2. The largest absolute Gasteiger partial charge is 0.490 e. The van der Waals surface area contributed by atoms with Crippen LogP contribution in [0.5, 0.6) is 5.75 Å². The standard InChI is InChI=1S/C29H32N2O3S2/c1-20-4-12-24(13-5-20)34-25-14-10-22(11-15-25)27-19-36-29(30-27)31(18-26-3-2-16-35-26)17-21-6-8-23(9-7-21)28(32)33/h2-3,6-11,14-16,20,24,27H,4-5,12-13,17-19H2,1H3,(H,32,33)/t20-,24-,27?. The maximum Gasteiger partial charge on any atom is 0.335 e. The highest BCUT2D eigenvalue weighted by Crippen LogP contribution is 2.34. The van der Waals surface area contributed by atoms with Gasteiger partial charge in [-0.05, 0) is 78.4 Å². The molecule has 1 atom stereocenters. The molecule has 0 radical (unpaired) electrons. The van der Waals surface area contributed by atoms with Crippen LogP contribution in [0.15, 0.2) is 71.0 Å². The summed E-state index contributed by atoms with van der Waals surface area (Å²) < 4.78 is 6.24. The van der Waals surface area contributed by atoms with Gasteiger partial charge in [-0.2, -0.15) is 0 Å². The number of thioether (sulfide) groups is 1. The van der Waals surface area contributed by atoms with Gasteiger partial charge in [0, 0.05) is 17.2 Å². The van der Waals surface area contributed by atoms with Crippen molar-refractivity contribution in [3.8, 4) is 5.75 Å². The first-order valence-corrected chi connectivity index (χ1v) is 14.5. The summed E-state index contributed by atoms with van der Waals surface area (Å²) in [6.07, 6.45) is 5.15. The summed E-state index contributed by atoms with van der Waals surface area (Å²) >= 11 is 3.53. The van der Waals surface area contributed by atoms with Crippen LogP contribution in [0, 0.1) is 5.92 Å². The summed E-state index contributed by atoms with van der Waals surface area (Å²) in [6, 6.07) is 20.0. The van der Waals surface area contributed by atoms with E-state index in [1.54, 1.807) is 35.2 Å². The van der Waals surface area contributed by atoms with Gasteiger partial charge in [0.2, 0.25) is 0 Å². The number of carbonyl (C=O) groups is 1. The number of nitrogens with zero attached hydrogens (tertiary/aromatic N) is 2. The van der Waals surface area contributed by atoms with Gasteiger partial charge in [0.25, 0.3) is 0 Å². The van der Waals surface area contributed by atoms with Gasteiger partial charge in [0.15, 0.2) is 5.17 Å². The van der Waals surface area contributed by atoms with E-state index < -0.39 is 5.97 Å². The van der Waals surface area contributed by atoms with E-state index in [2.05, 4.69) is 53.6 Å². The van der Waals surface area contributed by atoms with Crippen molar-refractivity contribution in [2.24, 2.45) is 10.9 Å². The topological polar surface area (TPSA) is 62.1 Å². The van der Waals surface area contributed by atoms with E-state index in [1.165, 1.54) is 23.3 Å². The molecule has 5 nitrogen and oxygen atoms in total. The lowest BCUT2D eigenvalue weighted by molar-refractivity contribution is 0.0697. The third-order valence-electron chi connectivity index (χ3n) is 6.94. The molecule has 1 saturated carbocycles. The highest BCUT2D eigenvalue weighted by Gasteiger charge is 2.25. The number of hydrogen-bond acceptors (Lipinski definition) is 6. The summed E-state index contributed by atoms with van der Waals surface area (Å²) in [5, 5.41) is 12.3. The highest BCUT2D eigenvalue weighted by atomic mass is 32.2. The van der Waals surface area contributed by atoms with Gasteiger partial charge < -0.3 is 14.7 Å². The number of amidine groups is 1. The minimum Gasteiger partial charge on any atom is -0.490 e. The van der Waals surface area contributed by atoms with Crippen LogP contribution in [0.3, 0.4) is 0 Å². The summed E-state index contributed by atoms with van der Waals surface area (Å²) in [4.78, 5) is 19.9. The summed E-state index contributed by atoms with van der Waals surface area (Å²) in [6.45, 7) is 3.79. The van der Waals surface area contributed by atoms with Gasteiger partial charge in [-0.1, -0.05) is 49.0 Å². The number of rotatable bonds is 8. The molecule has 0 spiro atoms. The first-order valence-electron chi connectivity index (χ1n) is 12.6. The fraction of sp³-hybridized carbons (Fsp3) is 0.379. The van der Waals surface area contributed by atoms with Gasteiger partial charge in [0.05, 0.1) is 24.3 Å². The fourth-order valence-electron chi connectivity index (χ4n) is 4.77. The number of thiophene rings is 1. The Morgan fingerprint density at radius 2 is 1.78 bits per heavy atom. The molecule has 1 fully saturated rings. The predicted molar refractivity (Wildman–Crippen MR) is 148 cm³/mol. The Hall–Kier alpha value is -2.77. The second-order valence-corrected chi connectivity index (χ2v) is 11.8. The van der Waals surface area contributed by atoms with Crippen LogP contribution in [0.2, 0.25) is 0 Å². The molecule has 3 aromatic rings. The van der Waals surface area contributed by atoms with Crippen molar-refractivity contribution >= 4 is 34.2 Å². The number of aromatic carboxylic acids is 1. The van der Waals surface area contributed by atoms with Crippen molar-refractivity contribution in [2.45, 2.75) is 57.8 Å². The predicted octanol–water partition coefficient (Wildman–Crippen LogP) is 7.25. The van der Waals surface area contributed by atoms with E-state index in [0.717, 1.165) is 47.5 Å². The lowest BCUT2D eigenvalue weighted by atomic mass is 9.89. The van der Waals surface area contributed by atoms with Crippen LogP contribution >= 0.6 is 23.1 Å². The molecule has 1 unspecified atom stereocenters. The van der Waals surface area contributed by atoms with Crippen molar-refractivity contribution in [1.29, 1.82) is 0 Å². The molecule has 2 heterocycles. The second-order valence-electron chi connectivity index (χ2n) is 9.74. The van der Waals surface area contributed by atoms with Crippen LogP contribution in [0.1, 0.15) is 65.0 Å². The van der Waals surface area contributed by atoms with Crippen molar-refractivity contribution in [1.82, 2.24) is 4.90 Å². The maximum absolute atomic E-state index is 11.2. The average molecular weight is 521 g/mol. The molecule has 0 saturated heterocycles. The summed E-state index contributed by atoms with van der Waals surface area (Å²) in [5.74, 6) is 1.79. The van der Waals surface area contributed by atoms with Crippen molar-refractivity contribution in [3.63, 3.8) is 0 Å². The molecular formula is C29H32N2O3S2. The molecule has 2 aliphatic rings. The summed E-state index contributed by atoms with van der Waals surface area (Å²) in [7, 11) is 0. The number of ether oxygens (including phenoxy) is 1. The first-order chi connectivity index (χ1) is 17.5. The molecule has 1 aromatic heterocycles. The van der Waals surface area contributed by atoms with Crippen molar-refractivity contribution in [3.05, 3.63) is 87.6 Å². The lowest BCUT2D eigenvalue weighted by Gasteiger charge is -2.27. The monoisotopic (exact) mass is 520 g/mol. The zero-order chi connectivity index (χ0) is 24.9. The van der Waals surface area contributed by atoms with Crippen molar-refractivity contribution < 1.29 is 14.6 Å². The molecule has 2 aromatic carbocycles. The normalized spacial score (nSPS) is 21.7. The summed E-state index contributed by atoms with van der Waals surface area (Å²) in [5.41, 5.74) is 2.59. The Bertz CT molecular complexity index is 1170. The third kappa shape index (κ3) is 6.31. The van der Waals surface area contributed by atoms with Gasteiger partial charge in [-0.3, -0.25) is 4.99 Å². The number of hydrogen-bond donors (Lipinski definition) is 1. The van der Waals surface area contributed by atoms with Gasteiger partial charge in [-0.25, -0.2) is 4.79 Å². The molecule has 188 valence electrons. The molecule has 1 aliphatic carbocycles. The Morgan fingerprint density at radius 1 is 1.03 bits per heavy atom. The average Bonchev–Trinajstić information content (AvgIpc) is 3.59. The minimum atomic E-state index is -0.902. The van der Waals surface area contributed by atoms with E-state index in [1.807, 2.05) is 12.1 Å². The first kappa shape index (κ1) is 24.9. The van der Waals surface area contributed by atoms with Crippen LogP contribution in [0.25, 0.3) is 0 Å². The Balaban J connectivity index is 1.27. The van der Waals surface area contributed by atoms with Crippen LogP contribution in [0.4, 0.5) is 0 Å². The van der Waals surface area contributed by atoms with E-state index in [9.17, 15) is 9.90 Å². The van der Waals surface area contributed by atoms with Gasteiger partial charge >= 0.3 is 5.97 Å². The number of aliphatic imine (C=N–C) groups is 1. The lowest BCUT2D eigenvalue weighted by Crippen LogP contribution is -2.26. The molecule has 36 heavy (non-hydrogen) atoms. The quantitative estimate of drug-likeness (QED) is 0.339. The Morgan fingerprint density at radius 3 is 2.44 bits per heavy atom. The molecular weight excluding hydrogens is 488 g/mol. The van der Waals surface area contributed by atoms with E-state index >= 15 is 0 Å². The third-order valence-corrected chi connectivity index (χ3v) is 8.90. The van der Waals surface area contributed by atoms with Crippen LogP contribution in [-0.4, -0.2) is 33.0 Å². The molecule has 0 amide bonds. The van der Waals surface area contributed by atoms with Crippen LogP contribution in [-0.2, 0) is 13.1 Å². The van der Waals surface area contributed by atoms with Crippen molar-refractivity contribution in [2.75, 3.05) is 5.75 Å². The number of benzene rings is 2. The smallest absolute Gasteiger partial charge is 0.335 e. The van der Waals surface area contributed by atoms with E-state index in [0.29, 0.717) is 18.2 Å². The highest BCUT2D eigenvalue weighted by molar-refractivity contribution is 8.14. The van der Waals surface area contributed by atoms with Gasteiger partial charge in [-0.15, -0.1) is 11.3 Å². The zero-order valence-corrected chi connectivity index (χ0v) is 22.1.